The lowest BCUT2D eigenvalue weighted by atomic mass is 9.83. The first-order chi connectivity index (χ1) is 21.3. The number of halogens is 2. The molecule has 46 heavy (non-hydrogen) atoms. The highest BCUT2D eigenvalue weighted by atomic mass is 31.2. The normalized spacial score (nSPS) is 20.5. The summed E-state index contributed by atoms with van der Waals surface area (Å²) < 4.78 is 89.6. The number of hydrogen-bond donors (Lipinski definition) is 7. The predicted octanol–water partition coefficient (Wildman–Crippen LogP) is 5.77. The number of phosphoric ester groups is 3. The van der Waals surface area contributed by atoms with Gasteiger partial charge >= 0.3 is 23.5 Å². The Morgan fingerprint density at radius 2 is 1.15 bits per heavy atom. The number of aliphatic hydroxyl groups excluding tert-OH is 1. The number of hydrogen-bond acceptors (Lipinski definition) is 11. The Morgan fingerprint density at radius 1 is 0.696 bits per heavy atom. The molecule has 0 aliphatic carbocycles. The van der Waals surface area contributed by atoms with Crippen molar-refractivity contribution in [2.75, 3.05) is 26.4 Å². The molecule has 8 unspecified atom stereocenters. The van der Waals surface area contributed by atoms with Gasteiger partial charge in [-0.25, -0.2) is 13.7 Å². The molecule has 0 radical (unpaired) electrons. The lowest BCUT2D eigenvalue weighted by Gasteiger charge is -2.37. The summed E-state index contributed by atoms with van der Waals surface area (Å²) in [5.41, 5.74) is 0.508. The van der Waals surface area contributed by atoms with E-state index in [1.54, 1.807) is 19.4 Å². The average Bonchev–Trinajstić information content (AvgIpc) is 2.96. The molecule has 0 saturated carbocycles. The van der Waals surface area contributed by atoms with Crippen LogP contribution in [0.25, 0.3) is 0 Å². The van der Waals surface area contributed by atoms with Crippen molar-refractivity contribution < 1.29 is 70.0 Å². The number of nitrogens with one attached hydrogen (secondary N) is 2. The summed E-state index contributed by atoms with van der Waals surface area (Å²) in [6.07, 6.45) is 2.05. The van der Waals surface area contributed by atoms with Gasteiger partial charge in [0.2, 0.25) is 0 Å². The van der Waals surface area contributed by atoms with Crippen molar-refractivity contribution in [1.29, 1.82) is 0 Å². The number of phosphoric acid groups is 3. The predicted molar refractivity (Wildman–Crippen MR) is 168 cm³/mol. The Labute approximate surface area is 271 Å². The molecule has 0 aromatic carbocycles. The van der Waals surface area contributed by atoms with Crippen LogP contribution < -0.4 is 11.1 Å². The van der Waals surface area contributed by atoms with Crippen molar-refractivity contribution in [3.63, 3.8) is 0 Å². The fraction of sp³-hybridized carbons (Fsp3) is 1.00. The van der Waals surface area contributed by atoms with E-state index in [-0.39, 0.29) is 58.0 Å². The molecule has 0 saturated heterocycles. The van der Waals surface area contributed by atoms with Gasteiger partial charge in [-0.3, -0.25) is 22.6 Å². The third-order valence-corrected chi connectivity index (χ3v) is 10.5. The van der Waals surface area contributed by atoms with E-state index in [9.17, 15) is 47.3 Å². The molecule has 0 bridgehead atoms. The Bertz CT molecular complexity index is 985. The van der Waals surface area contributed by atoms with Crippen LogP contribution in [-0.4, -0.2) is 74.4 Å². The largest absolute Gasteiger partial charge is 0.472 e. The van der Waals surface area contributed by atoms with Gasteiger partial charge in [-0.1, -0.05) is 40.5 Å². The SMILES string of the molecule is CCCC(CC)(CCOP(=O)(O)OC(CC)(CCC)CC(COP(=O)(O)O)CC(C)NF)OP(=O)(O)OCC(CO)CC(C)NF. The van der Waals surface area contributed by atoms with Crippen molar-refractivity contribution >= 4 is 23.5 Å². The van der Waals surface area contributed by atoms with Crippen LogP contribution in [0.15, 0.2) is 0 Å². The lowest BCUT2D eigenvalue weighted by Crippen LogP contribution is -2.37. The van der Waals surface area contributed by atoms with E-state index in [1.807, 2.05) is 13.8 Å². The van der Waals surface area contributed by atoms with E-state index in [4.69, 9.17) is 18.1 Å². The van der Waals surface area contributed by atoms with E-state index in [1.165, 1.54) is 19.4 Å². The van der Waals surface area contributed by atoms with Gasteiger partial charge in [0.25, 0.3) is 0 Å². The molecule has 0 heterocycles. The third-order valence-electron chi connectivity index (χ3n) is 7.75. The fourth-order valence-electron chi connectivity index (χ4n) is 5.43. The van der Waals surface area contributed by atoms with Crippen molar-refractivity contribution in [2.45, 2.75) is 129 Å². The molecular formula is C26H57F2N2O13P3. The second-order valence-corrected chi connectivity index (χ2v) is 16.0. The molecule has 20 heteroatoms. The molecule has 15 nitrogen and oxygen atoms in total. The van der Waals surface area contributed by atoms with Gasteiger partial charge in [0.15, 0.2) is 0 Å². The highest BCUT2D eigenvalue weighted by Gasteiger charge is 2.42. The van der Waals surface area contributed by atoms with Crippen LogP contribution in [0.1, 0.15) is 106 Å². The minimum absolute atomic E-state index is 0.00481. The van der Waals surface area contributed by atoms with Crippen molar-refractivity contribution in [1.82, 2.24) is 11.1 Å². The minimum atomic E-state index is -4.85. The summed E-state index contributed by atoms with van der Waals surface area (Å²) in [6.45, 7) is 8.42. The molecule has 0 aromatic heterocycles. The Balaban J connectivity index is 5.75. The van der Waals surface area contributed by atoms with Crippen LogP contribution in [-0.2, 0) is 36.3 Å². The van der Waals surface area contributed by atoms with E-state index >= 15 is 0 Å². The van der Waals surface area contributed by atoms with E-state index in [0.29, 0.717) is 12.8 Å². The lowest BCUT2D eigenvalue weighted by molar-refractivity contribution is -0.0295. The first-order valence-corrected chi connectivity index (χ1v) is 20.2. The third kappa shape index (κ3) is 19.3. The molecule has 7 N–H and O–H groups in total. The number of rotatable bonds is 29. The van der Waals surface area contributed by atoms with Crippen LogP contribution in [0, 0.1) is 11.8 Å². The molecule has 8 atom stereocenters. The molecule has 0 rings (SSSR count). The molecule has 0 aliphatic heterocycles. The van der Waals surface area contributed by atoms with Gasteiger partial charge in [-0.15, -0.1) is 8.96 Å². The zero-order chi connectivity index (χ0) is 35.7. The van der Waals surface area contributed by atoms with Gasteiger partial charge in [0, 0.05) is 31.0 Å². The van der Waals surface area contributed by atoms with Crippen LogP contribution in [0.3, 0.4) is 0 Å². The van der Waals surface area contributed by atoms with Crippen LogP contribution in [0.4, 0.5) is 8.96 Å². The Kier molecular flexibility index (Phi) is 22.0. The monoisotopic (exact) mass is 736 g/mol. The summed E-state index contributed by atoms with van der Waals surface area (Å²) in [5.74, 6) is -1.32. The maximum absolute atomic E-state index is 13.2. The molecule has 0 aromatic rings. The fourth-order valence-corrected chi connectivity index (χ4v) is 8.25. The summed E-state index contributed by atoms with van der Waals surface area (Å²) >= 11 is 0. The zero-order valence-electron chi connectivity index (χ0n) is 27.8. The minimum Gasteiger partial charge on any atom is -0.396 e. The first-order valence-electron chi connectivity index (χ1n) is 15.7. The smallest absolute Gasteiger partial charge is 0.396 e. The summed E-state index contributed by atoms with van der Waals surface area (Å²) in [5, 5.41) is 9.54. The maximum atomic E-state index is 13.2. The molecule has 278 valence electrons. The summed E-state index contributed by atoms with van der Waals surface area (Å²) in [6, 6.07) is -1.34. The van der Waals surface area contributed by atoms with Crippen molar-refractivity contribution in [3.05, 3.63) is 0 Å². The van der Waals surface area contributed by atoms with E-state index in [2.05, 4.69) is 4.52 Å². The van der Waals surface area contributed by atoms with Gasteiger partial charge in [-0.2, -0.15) is 11.1 Å². The average molecular weight is 737 g/mol. The second kappa shape index (κ2) is 22.0. The highest BCUT2D eigenvalue weighted by Crippen LogP contribution is 2.54. The van der Waals surface area contributed by atoms with Gasteiger partial charge in [0.1, 0.15) is 0 Å². The van der Waals surface area contributed by atoms with Crippen LogP contribution in [0.2, 0.25) is 0 Å². The van der Waals surface area contributed by atoms with Crippen LogP contribution >= 0.6 is 23.5 Å². The van der Waals surface area contributed by atoms with Gasteiger partial charge in [0.05, 0.1) is 31.0 Å². The molecule has 0 amide bonds. The van der Waals surface area contributed by atoms with Gasteiger partial charge < -0.3 is 24.7 Å². The van der Waals surface area contributed by atoms with Crippen molar-refractivity contribution in [3.8, 4) is 0 Å². The van der Waals surface area contributed by atoms with Crippen molar-refractivity contribution in [2.24, 2.45) is 11.8 Å². The standard InChI is InChI=1S/C26H57F2N2O13P3/c1-7-11-25(9-3,42-46(37,38)41-20-24(18-31)16-22(6)30-28)13-14-39-45(35,36)43-26(10-4,12-8-2)17-23(15-21(5)29-27)19-40-44(32,33)34/h21-24,29-31H,7-20H2,1-6H3,(H,35,36)(H,37,38)(H2,32,33,34). The quantitative estimate of drug-likeness (QED) is 0.0358. The topological polar surface area (TPSA) is 223 Å². The van der Waals surface area contributed by atoms with Crippen LogP contribution in [0.5, 0.6) is 0 Å². The number of aliphatic hydroxyl groups is 1. The van der Waals surface area contributed by atoms with E-state index in [0.717, 1.165) is 0 Å². The molecular weight excluding hydrogens is 679 g/mol. The van der Waals surface area contributed by atoms with E-state index < -0.39 is 78.4 Å². The Morgan fingerprint density at radius 3 is 1.61 bits per heavy atom. The highest BCUT2D eigenvalue weighted by molar-refractivity contribution is 7.47. The molecule has 0 aliphatic rings. The summed E-state index contributed by atoms with van der Waals surface area (Å²) in [7, 11) is -14.3. The Hall–Kier alpha value is 0.0700. The maximum Gasteiger partial charge on any atom is 0.472 e. The molecule has 0 spiro atoms. The van der Waals surface area contributed by atoms with Gasteiger partial charge in [-0.05, 0) is 64.7 Å². The first kappa shape index (κ1) is 46.1. The molecule has 0 fully saturated rings. The second-order valence-electron chi connectivity index (χ2n) is 12.0. The summed E-state index contributed by atoms with van der Waals surface area (Å²) in [4.78, 5) is 39.6. The zero-order valence-corrected chi connectivity index (χ0v) is 30.5.